The van der Waals surface area contributed by atoms with E-state index in [1.807, 2.05) is 38.1 Å². The van der Waals surface area contributed by atoms with Crippen molar-refractivity contribution in [3.8, 4) is 5.75 Å². The molecule has 0 spiro atoms. The van der Waals surface area contributed by atoms with E-state index < -0.39 is 5.60 Å². The lowest BCUT2D eigenvalue weighted by Gasteiger charge is -2.28. The van der Waals surface area contributed by atoms with Gasteiger partial charge in [0.25, 0.3) is 5.91 Å². The molecule has 1 aromatic carbocycles. The Kier molecular flexibility index (Phi) is 9.58. The van der Waals surface area contributed by atoms with Gasteiger partial charge in [-0.1, -0.05) is 40.0 Å². The van der Waals surface area contributed by atoms with Crippen LogP contribution >= 0.6 is 0 Å². The second kappa shape index (κ2) is 11.1. The van der Waals surface area contributed by atoms with Crippen molar-refractivity contribution in [3.05, 3.63) is 24.3 Å². The smallest absolute Gasteiger partial charge is 0.256 e. The summed E-state index contributed by atoms with van der Waals surface area (Å²) in [5, 5.41) is 2.99. The third-order valence-corrected chi connectivity index (χ3v) is 4.39. The van der Waals surface area contributed by atoms with Crippen molar-refractivity contribution >= 4 is 11.6 Å². The van der Waals surface area contributed by atoms with Gasteiger partial charge in [0.05, 0.1) is 6.10 Å². The molecule has 0 bridgehead atoms. The van der Waals surface area contributed by atoms with Gasteiger partial charge in [0.15, 0.2) is 0 Å². The molecule has 0 aromatic heterocycles. The Bertz CT molecular complexity index is 500. The van der Waals surface area contributed by atoms with Gasteiger partial charge in [0.2, 0.25) is 0 Å². The molecule has 0 aliphatic carbocycles. The molecule has 142 valence electrons. The molecule has 0 heterocycles. The van der Waals surface area contributed by atoms with E-state index in [1.54, 1.807) is 0 Å². The third kappa shape index (κ3) is 7.47. The first-order valence-corrected chi connectivity index (χ1v) is 9.67. The summed E-state index contributed by atoms with van der Waals surface area (Å²) >= 11 is 0. The molecule has 0 unspecified atom stereocenters. The molecule has 4 nitrogen and oxygen atoms in total. The maximum Gasteiger partial charge on any atom is 0.256 e. The summed E-state index contributed by atoms with van der Waals surface area (Å²) in [6.07, 6.45) is 6.02. The van der Waals surface area contributed by atoms with Crippen LogP contribution in [0.4, 0.5) is 5.69 Å². The minimum atomic E-state index is -0.781. The highest BCUT2D eigenvalue weighted by molar-refractivity contribution is 5.97. The fraction of sp³-hybridized carbons (Fsp3) is 0.667. The van der Waals surface area contributed by atoms with Gasteiger partial charge < -0.3 is 14.8 Å². The van der Waals surface area contributed by atoms with E-state index in [1.165, 1.54) is 0 Å². The van der Waals surface area contributed by atoms with Crippen molar-refractivity contribution in [3.63, 3.8) is 0 Å². The number of benzene rings is 1. The number of rotatable bonds is 12. The topological polar surface area (TPSA) is 47.6 Å². The summed E-state index contributed by atoms with van der Waals surface area (Å²) in [5.74, 6) is 0.743. The number of amides is 1. The molecule has 0 saturated heterocycles. The number of nitrogens with one attached hydrogen (secondary N) is 1. The molecule has 0 saturated carbocycles. The quantitative estimate of drug-likeness (QED) is 0.502. The van der Waals surface area contributed by atoms with Crippen LogP contribution in [0.15, 0.2) is 24.3 Å². The Hall–Kier alpha value is -1.55. The van der Waals surface area contributed by atoms with Gasteiger partial charge in [-0.05, 0) is 57.4 Å². The number of carbonyl (C=O) groups is 1. The molecule has 25 heavy (non-hydrogen) atoms. The maximum atomic E-state index is 12.8. The van der Waals surface area contributed by atoms with Crippen LogP contribution in [0.2, 0.25) is 0 Å². The molecule has 4 heteroatoms. The van der Waals surface area contributed by atoms with Crippen LogP contribution in [0.1, 0.15) is 73.1 Å². The van der Waals surface area contributed by atoms with E-state index in [-0.39, 0.29) is 12.0 Å². The minimum Gasteiger partial charge on any atom is -0.491 e. The predicted octanol–water partition coefficient (Wildman–Crippen LogP) is 5.57. The Labute approximate surface area is 153 Å². The van der Waals surface area contributed by atoms with Crippen molar-refractivity contribution in [2.24, 2.45) is 0 Å². The van der Waals surface area contributed by atoms with E-state index in [9.17, 15) is 4.79 Å². The largest absolute Gasteiger partial charge is 0.491 e. The molecule has 1 aromatic rings. The molecule has 0 aliphatic heterocycles. The molecule has 1 rings (SSSR count). The Morgan fingerprint density at radius 1 is 1.12 bits per heavy atom. The van der Waals surface area contributed by atoms with E-state index in [4.69, 9.17) is 9.47 Å². The number of hydrogen-bond acceptors (Lipinski definition) is 3. The first-order chi connectivity index (χ1) is 11.9. The zero-order valence-electron chi connectivity index (χ0n) is 16.6. The number of carbonyl (C=O) groups excluding carboxylic acids is 1. The van der Waals surface area contributed by atoms with Crippen molar-refractivity contribution in [1.82, 2.24) is 0 Å². The Morgan fingerprint density at radius 3 is 2.36 bits per heavy atom. The van der Waals surface area contributed by atoms with E-state index in [2.05, 4.69) is 26.1 Å². The van der Waals surface area contributed by atoms with Gasteiger partial charge in [-0.3, -0.25) is 4.79 Å². The van der Waals surface area contributed by atoms with Crippen molar-refractivity contribution in [2.75, 3.05) is 11.9 Å². The lowest BCUT2D eigenvalue weighted by Crippen LogP contribution is -2.43. The van der Waals surface area contributed by atoms with Gasteiger partial charge in [-0.15, -0.1) is 0 Å². The van der Waals surface area contributed by atoms with Gasteiger partial charge in [0, 0.05) is 12.3 Å². The molecule has 1 N–H and O–H groups in total. The molecule has 0 aliphatic rings. The lowest BCUT2D eigenvalue weighted by atomic mass is 9.96. The molecule has 2 atom stereocenters. The average Bonchev–Trinajstić information content (AvgIpc) is 2.61. The number of ether oxygens (including phenoxy) is 2. The van der Waals surface area contributed by atoms with Crippen molar-refractivity contribution in [1.29, 1.82) is 0 Å². The minimum absolute atomic E-state index is 0.0763. The van der Waals surface area contributed by atoms with Crippen LogP contribution in [-0.2, 0) is 9.53 Å². The molecule has 0 radical (unpaired) electrons. The van der Waals surface area contributed by atoms with Crippen LogP contribution in [0.5, 0.6) is 5.75 Å². The van der Waals surface area contributed by atoms with Gasteiger partial charge >= 0.3 is 0 Å². The maximum absolute atomic E-state index is 12.8. The van der Waals surface area contributed by atoms with E-state index in [0.29, 0.717) is 6.61 Å². The molecular weight excluding hydrogens is 314 g/mol. The number of anilines is 1. The molecule has 1 amide bonds. The van der Waals surface area contributed by atoms with Crippen LogP contribution in [-0.4, -0.2) is 24.2 Å². The summed E-state index contributed by atoms with van der Waals surface area (Å²) in [7, 11) is 0. The summed E-state index contributed by atoms with van der Waals surface area (Å²) in [4.78, 5) is 12.8. The zero-order chi connectivity index (χ0) is 18.7. The summed E-state index contributed by atoms with van der Waals surface area (Å²) in [6.45, 7) is 10.8. The van der Waals surface area contributed by atoms with Gasteiger partial charge in [0.1, 0.15) is 11.4 Å². The standard InChI is InChI=1S/C21H35NO3/c1-6-9-10-15-21(5,24-16-7-2)20(23)22-18-11-13-19(14-12-18)25-17(4)8-3/h11-14,17H,6-10,15-16H2,1-5H3,(H,22,23)/t17-,21+/m0/s1. The van der Waals surface area contributed by atoms with Crippen LogP contribution in [0, 0.1) is 0 Å². The third-order valence-electron chi connectivity index (χ3n) is 4.39. The predicted molar refractivity (Wildman–Crippen MR) is 104 cm³/mol. The molecule has 0 fully saturated rings. The van der Waals surface area contributed by atoms with Crippen LogP contribution in [0.3, 0.4) is 0 Å². The van der Waals surface area contributed by atoms with Gasteiger partial charge in [-0.2, -0.15) is 0 Å². The lowest BCUT2D eigenvalue weighted by molar-refractivity contribution is -0.140. The highest BCUT2D eigenvalue weighted by Crippen LogP contribution is 2.24. The van der Waals surface area contributed by atoms with Crippen molar-refractivity contribution < 1.29 is 14.3 Å². The van der Waals surface area contributed by atoms with Crippen LogP contribution < -0.4 is 10.1 Å². The second-order valence-corrected chi connectivity index (χ2v) is 6.85. The first-order valence-electron chi connectivity index (χ1n) is 9.67. The number of hydrogen-bond donors (Lipinski definition) is 1. The Balaban J connectivity index is 2.71. The highest BCUT2D eigenvalue weighted by Gasteiger charge is 2.33. The summed E-state index contributed by atoms with van der Waals surface area (Å²) in [5.41, 5.74) is -0.0137. The normalized spacial score (nSPS) is 14.6. The second-order valence-electron chi connectivity index (χ2n) is 6.85. The van der Waals surface area contributed by atoms with Gasteiger partial charge in [-0.25, -0.2) is 0 Å². The van der Waals surface area contributed by atoms with Crippen LogP contribution in [0.25, 0.3) is 0 Å². The average molecular weight is 350 g/mol. The van der Waals surface area contributed by atoms with E-state index in [0.717, 1.165) is 50.0 Å². The first kappa shape index (κ1) is 21.5. The van der Waals surface area contributed by atoms with Crippen molar-refractivity contribution in [2.45, 2.75) is 84.8 Å². The SMILES string of the molecule is CCCCC[C@@](C)(OCCC)C(=O)Nc1ccc(O[C@@H](C)CC)cc1. The summed E-state index contributed by atoms with van der Waals surface area (Å²) < 4.78 is 11.7. The Morgan fingerprint density at radius 2 is 1.80 bits per heavy atom. The monoisotopic (exact) mass is 349 g/mol. The zero-order valence-corrected chi connectivity index (χ0v) is 16.6. The summed E-state index contributed by atoms with van der Waals surface area (Å²) in [6, 6.07) is 7.54. The number of unbranched alkanes of at least 4 members (excludes halogenated alkanes) is 2. The fourth-order valence-electron chi connectivity index (χ4n) is 2.49. The highest BCUT2D eigenvalue weighted by atomic mass is 16.5. The fourth-order valence-corrected chi connectivity index (χ4v) is 2.49. The molecular formula is C21H35NO3. The van der Waals surface area contributed by atoms with E-state index >= 15 is 0 Å².